The van der Waals surface area contributed by atoms with E-state index in [0.29, 0.717) is 0 Å². The lowest BCUT2D eigenvalue weighted by atomic mass is 10.1. The molecule has 42 heavy (non-hydrogen) atoms. The summed E-state index contributed by atoms with van der Waals surface area (Å²) >= 11 is 0. The summed E-state index contributed by atoms with van der Waals surface area (Å²) in [6, 6.07) is 17.2. The molecule has 13 nitrogen and oxygen atoms in total. The predicted octanol–water partition coefficient (Wildman–Crippen LogP) is 0.331. The number of hydrogen-bond acceptors (Lipinski definition) is 8. The zero-order chi connectivity index (χ0) is 31.0. The summed E-state index contributed by atoms with van der Waals surface area (Å²) in [4.78, 5) is 72.7. The molecule has 2 aromatic carbocycles. The highest BCUT2D eigenvalue weighted by Crippen LogP contribution is 2.08. The highest BCUT2D eigenvalue weighted by molar-refractivity contribution is 5.91. The van der Waals surface area contributed by atoms with E-state index < -0.39 is 73.5 Å². The standard InChI is InChI=1S/C29H37N5O8/c1-29(2,3)42-28(40)33-17-25(37)31-15-23(35)30-16-24(36)32-18-26(38)34-22(14-20-10-6-4-7-11-20)27(39)41-19-21-12-8-5-9-13-21/h4-13,22H,14-19H2,1-3H3,(H,30,35)(H,31,37)(H,32,36)(H,33,40)(H,34,38)/t22-/m0/s1. The van der Waals surface area contributed by atoms with Gasteiger partial charge in [-0.2, -0.15) is 0 Å². The molecule has 0 saturated heterocycles. The van der Waals surface area contributed by atoms with Crippen LogP contribution in [0, 0.1) is 0 Å². The van der Waals surface area contributed by atoms with E-state index in [0.717, 1.165) is 11.1 Å². The van der Waals surface area contributed by atoms with Crippen LogP contribution in [0.15, 0.2) is 60.7 Å². The van der Waals surface area contributed by atoms with Crippen molar-refractivity contribution in [3.63, 3.8) is 0 Å². The van der Waals surface area contributed by atoms with Crippen LogP contribution in [-0.2, 0) is 46.5 Å². The molecule has 2 aromatic rings. The summed E-state index contributed by atoms with van der Waals surface area (Å²) in [5.41, 5.74) is 0.876. The van der Waals surface area contributed by atoms with E-state index in [2.05, 4.69) is 26.6 Å². The Kier molecular flexibility index (Phi) is 13.5. The van der Waals surface area contributed by atoms with Gasteiger partial charge in [-0.25, -0.2) is 9.59 Å². The molecule has 0 bridgehead atoms. The van der Waals surface area contributed by atoms with Gasteiger partial charge in [0.25, 0.3) is 0 Å². The minimum absolute atomic E-state index is 0.0397. The normalized spacial score (nSPS) is 11.3. The van der Waals surface area contributed by atoms with E-state index in [1.54, 1.807) is 20.8 Å². The smallest absolute Gasteiger partial charge is 0.408 e. The number of hydrogen-bond donors (Lipinski definition) is 5. The second-order valence-electron chi connectivity index (χ2n) is 10.1. The summed E-state index contributed by atoms with van der Waals surface area (Å²) in [7, 11) is 0. The van der Waals surface area contributed by atoms with Crippen LogP contribution in [0.4, 0.5) is 4.79 Å². The van der Waals surface area contributed by atoms with Crippen molar-refractivity contribution in [1.82, 2.24) is 26.6 Å². The van der Waals surface area contributed by atoms with Gasteiger partial charge in [0.15, 0.2) is 0 Å². The van der Waals surface area contributed by atoms with Gasteiger partial charge in [-0.1, -0.05) is 60.7 Å². The van der Waals surface area contributed by atoms with Gasteiger partial charge >= 0.3 is 12.1 Å². The summed E-state index contributed by atoms with van der Waals surface area (Å²) in [6.45, 7) is 3.32. The molecule has 13 heteroatoms. The molecule has 0 spiro atoms. The van der Waals surface area contributed by atoms with Gasteiger partial charge in [0.2, 0.25) is 23.6 Å². The first-order valence-corrected chi connectivity index (χ1v) is 13.2. The van der Waals surface area contributed by atoms with Crippen LogP contribution in [0.25, 0.3) is 0 Å². The first-order chi connectivity index (χ1) is 19.9. The highest BCUT2D eigenvalue weighted by Gasteiger charge is 2.23. The molecular formula is C29H37N5O8. The van der Waals surface area contributed by atoms with Gasteiger partial charge in [0, 0.05) is 6.42 Å². The molecule has 2 rings (SSSR count). The third kappa shape index (κ3) is 14.4. The zero-order valence-electron chi connectivity index (χ0n) is 23.9. The topological polar surface area (TPSA) is 181 Å². The number of carbonyl (C=O) groups excluding carboxylic acids is 6. The van der Waals surface area contributed by atoms with Crippen LogP contribution in [0.2, 0.25) is 0 Å². The van der Waals surface area contributed by atoms with Gasteiger partial charge in [-0.3, -0.25) is 19.2 Å². The molecule has 5 amide bonds. The number of alkyl carbamates (subject to hydrolysis) is 1. The number of ether oxygens (including phenoxy) is 2. The van der Waals surface area contributed by atoms with Crippen LogP contribution in [-0.4, -0.2) is 73.5 Å². The minimum Gasteiger partial charge on any atom is -0.459 e. The number of benzene rings is 2. The molecule has 0 unspecified atom stereocenters. The number of rotatable bonds is 14. The van der Waals surface area contributed by atoms with Crippen molar-refractivity contribution in [2.75, 3.05) is 26.2 Å². The largest absolute Gasteiger partial charge is 0.459 e. The molecule has 0 aliphatic rings. The number of esters is 1. The molecule has 0 heterocycles. The van der Waals surface area contributed by atoms with Crippen molar-refractivity contribution in [2.24, 2.45) is 0 Å². The zero-order valence-corrected chi connectivity index (χ0v) is 23.9. The lowest BCUT2D eigenvalue weighted by molar-refractivity contribution is -0.149. The molecule has 0 aromatic heterocycles. The first-order valence-electron chi connectivity index (χ1n) is 13.2. The number of amides is 5. The molecule has 0 aliphatic carbocycles. The van der Waals surface area contributed by atoms with Gasteiger partial charge in [0.05, 0.1) is 19.6 Å². The van der Waals surface area contributed by atoms with Crippen LogP contribution < -0.4 is 26.6 Å². The Balaban J connectivity index is 1.73. The van der Waals surface area contributed by atoms with Crippen molar-refractivity contribution >= 4 is 35.7 Å². The van der Waals surface area contributed by atoms with E-state index in [1.165, 1.54) is 0 Å². The Morgan fingerprint density at radius 2 is 1.10 bits per heavy atom. The van der Waals surface area contributed by atoms with E-state index >= 15 is 0 Å². The van der Waals surface area contributed by atoms with Crippen LogP contribution in [0.3, 0.4) is 0 Å². The lowest BCUT2D eigenvalue weighted by Gasteiger charge is -2.19. The first kappa shape index (κ1) is 33.3. The van der Waals surface area contributed by atoms with Gasteiger partial charge in [-0.05, 0) is 31.9 Å². The Morgan fingerprint density at radius 3 is 1.60 bits per heavy atom. The second-order valence-corrected chi connectivity index (χ2v) is 10.1. The van der Waals surface area contributed by atoms with Gasteiger partial charge in [0.1, 0.15) is 24.8 Å². The van der Waals surface area contributed by atoms with Crippen molar-refractivity contribution in [1.29, 1.82) is 0 Å². The number of nitrogens with one attached hydrogen (secondary N) is 5. The molecule has 0 fully saturated rings. The second kappa shape index (κ2) is 17.0. The van der Waals surface area contributed by atoms with Gasteiger partial charge < -0.3 is 36.1 Å². The van der Waals surface area contributed by atoms with E-state index in [-0.39, 0.29) is 13.0 Å². The maximum absolute atomic E-state index is 12.8. The fraction of sp³-hybridized carbons (Fsp3) is 0.379. The highest BCUT2D eigenvalue weighted by atomic mass is 16.6. The fourth-order valence-electron chi connectivity index (χ4n) is 3.31. The lowest BCUT2D eigenvalue weighted by Crippen LogP contribution is -2.49. The Hall–Kier alpha value is -4.94. The maximum atomic E-state index is 12.8. The van der Waals surface area contributed by atoms with Crippen LogP contribution >= 0.6 is 0 Å². The number of carbonyl (C=O) groups is 6. The molecular weight excluding hydrogens is 546 g/mol. The van der Waals surface area contributed by atoms with Crippen LogP contribution in [0.5, 0.6) is 0 Å². The van der Waals surface area contributed by atoms with E-state index in [1.807, 2.05) is 60.7 Å². The monoisotopic (exact) mass is 583 g/mol. The molecule has 0 radical (unpaired) electrons. The summed E-state index contributed by atoms with van der Waals surface area (Å²) in [5, 5.41) is 11.8. The Labute approximate surface area is 244 Å². The quantitative estimate of drug-likeness (QED) is 0.197. The summed E-state index contributed by atoms with van der Waals surface area (Å²) in [5.74, 6) is -3.22. The third-order valence-corrected chi connectivity index (χ3v) is 5.26. The Bertz CT molecular complexity index is 1220. The summed E-state index contributed by atoms with van der Waals surface area (Å²) in [6.07, 6.45) is -0.596. The third-order valence-electron chi connectivity index (χ3n) is 5.26. The minimum atomic E-state index is -0.992. The average molecular weight is 584 g/mol. The van der Waals surface area contributed by atoms with E-state index in [9.17, 15) is 28.8 Å². The molecule has 1 atom stereocenters. The molecule has 226 valence electrons. The molecule has 0 aliphatic heterocycles. The van der Waals surface area contributed by atoms with Crippen molar-refractivity contribution in [3.05, 3.63) is 71.8 Å². The van der Waals surface area contributed by atoms with Gasteiger partial charge in [-0.15, -0.1) is 0 Å². The van der Waals surface area contributed by atoms with Crippen LogP contribution in [0.1, 0.15) is 31.9 Å². The Morgan fingerprint density at radius 1 is 0.643 bits per heavy atom. The van der Waals surface area contributed by atoms with E-state index in [4.69, 9.17) is 9.47 Å². The maximum Gasteiger partial charge on any atom is 0.408 e. The molecule has 5 N–H and O–H groups in total. The van der Waals surface area contributed by atoms with Crippen molar-refractivity contribution < 1.29 is 38.2 Å². The fourth-order valence-corrected chi connectivity index (χ4v) is 3.31. The van der Waals surface area contributed by atoms with Crippen molar-refractivity contribution in [3.8, 4) is 0 Å². The van der Waals surface area contributed by atoms with Crippen molar-refractivity contribution in [2.45, 2.75) is 45.4 Å². The average Bonchev–Trinajstić information content (AvgIpc) is 2.95. The SMILES string of the molecule is CC(C)(C)OC(=O)NCC(=O)NCC(=O)NCC(=O)NCC(=O)N[C@@H](Cc1ccccc1)C(=O)OCc1ccccc1. The summed E-state index contributed by atoms with van der Waals surface area (Å²) < 4.78 is 10.4. The molecule has 0 saturated carbocycles. The predicted molar refractivity (Wildman–Crippen MR) is 152 cm³/mol.